The van der Waals surface area contributed by atoms with Crippen molar-refractivity contribution in [2.75, 3.05) is 39.6 Å². The molecule has 4 atom stereocenters. The molecule has 8 nitrogen and oxygen atoms in total. The fourth-order valence-corrected chi connectivity index (χ4v) is 32.6. The topological polar surface area (TPSA) is 81.2 Å². The van der Waals surface area contributed by atoms with Crippen LogP contribution in [-0.2, 0) is 36.6 Å². The monoisotopic (exact) mass is 996 g/mol. The third-order valence-electron chi connectivity index (χ3n) is 10.6. The van der Waals surface area contributed by atoms with E-state index in [0.29, 0.717) is 39.6 Å². The molecule has 0 saturated carbocycles. The van der Waals surface area contributed by atoms with E-state index in [-0.39, 0.29) is 11.8 Å². The Labute approximate surface area is 389 Å². The number of rotatable bonds is 23. The molecule has 18 heteroatoms. The molecule has 2 aromatic heterocycles. The fourth-order valence-electron chi connectivity index (χ4n) is 8.27. The highest BCUT2D eigenvalue weighted by Crippen LogP contribution is 2.65. The van der Waals surface area contributed by atoms with Crippen LogP contribution in [0.4, 0.5) is 0 Å². The minimum Gasteiger partial charge on any atom is -0.373 e. The molecule has 326 valence electrons. The van der Waals surface area contributed by atoms with Gasteiger partial charge in [-0.3, -0.25) is 0 Å². The van der Waals surface area contributed by atoms with Gasteiger partial charge in [0.2, 0.25) is 0 Å². The Bertz CT molecular complexity index is 1950. The van der Waals surface area contributed by atoms with Crippen LogP contribution in [0.2, 0.25) is 0 Å². The highest BCUT2D eigenvalue weighted by Gasteiger charge is 2.70. The normalized spacial score (nSPS) is 22.6. The third-order valence-corrected chi connectivity index (χ3v) is 32.6. The molecular weight excluding hydrogens is 941 g/mol. The first kappa shape index (κ1) is 48.9. The first-order valence-electron chi connectivity index (χ1n) is 20.4. The number of aromatic nitrogens is 2. The van der Waals surface area contributed by atoms with Crippen molar-refractivity contribution in [1.29, 1.82) is 0 Å². The third kappa shape index (κ3) is 9.03. The molecule has 0 radical (unpaired) electrons. The van der Waals surface area contributed by atoms with E-state index in [9.17, 15) is 0 Å². The van der Waals surface area contributed by atoms with Crippen molar-refractivity contribution in [3.8, 4) is 0 Å². The van der Waals surface area contributed by atoms with Gasteiger partial charge in [-0.2, -0.15) is 0 Å². The van der Waals surface area contributed by atoms with Crippen LogP contribution < -0.4 is 0 Å². The maximum Gasteiger partial charge on any atom is 0.520 e. The van der Waals surface area contributed by atoms with Crippen LogP contribution in [0.15, 0.2) is 93.8 Å². The van der Waals surface area contributed by atoms with Crippen LogP contribution in [0.25, 0.3) is 20.4 Å². The Hall–Kier alpha value is -0.526. The van der Waals surface area contributed by atoms with E-state index >= 15 is 0 Å². The second-order valence-electron chi connectivity index (χ2n) is 14.1. The largest absolute Gasteiger partial charge is 0.520 e. The average Bonchev–Trinajstić information content (AvgIpc) is 3.87. The molecule has 0 aliphatic heterocycles. The lowest BCUT2D eigenvalue weighted by molar-refractivity contribution is 0.0436. The number of para-hydroxylation sites is 2. The fraction of sp³-hybridized carbons (Fsp3) is 0.476. The summed E-state index contributed by atoms with van der Waals surface area (Å²) in [6, 6.07) is 16.7. The van der Waals surface area contributed by atoms with Crippen molar-refractivity contribution in [1.82, 2.24) is 9.97 Å². The first-order chi connectivity index (χ1) is 29.1. The summed E-state index contributed by atoms with van der Waals surface area (Å²) in [6.45, 7) is 23.9. The van der Waals surface area contributed by atoms with Gasteiger partial charge in [-0.05, 0) is 164 Å². The molecule has 2 aliphatic rings. The van der Waals surface area contributed by atoms with Crippen LogP contribution in [0, 0.1) is 11.8 Å². The zero-order valence-corrected chi connectivity index (χ0v) is 44.5. The van der Waals surface area contributed by atoms with E-state index in [1.807, 2.05) is 41.5 Å². The summed E-state index contributed by atoms with van der Waals surface area (Å²) >= 11 is 3.44. The zero-order chi connectivity index (χ0) is 43.0. The van der Waals surface area contributed by atoms with Gasteiger partial charge in [0.25, 0.3) is 0 Å². The van der Waals surface area contributed by atoms with Gasteiger partial charge in [0.05, 0.1) is 20.4 Å². The number of nitrogens with zero attached hydrogens (tertiary/aromatic N) is 2. The lowest BCUT2D eigenvalue weighted by Gasteiger charge is -2.49. The molecule has 4 aromatic rings. The average molecular weight is 998 g/mol. The quantitative estimate of drug-likeness (QED) is 0.0402. The Morgan fingerprint density at radius 2 is 0.867 bits per heavy atom. The molecule has 6 rings (SSSR count). The predicted molar refractivity (Wildman–Crippen MR) is 271 cm³/mol. The van der Waals surface area contributed by atoms with E-state index in [2.05, 4.69) is 101 Å². The van der Waals surface area contributed by atoms with Gasteiger partial charge in [-0.25, -0.2) is 9.97 Å². The van der Waals surface area contributed by atoms with Crippen LogP contribution in [-0.4, -0.2) is 67.2 Å². The van der Waals surface area contributed by atoms with Crippen molar-refractivity contribution in [3.05, 3.63) is 104 Å². The smallest absolute Gasteiger partial charge is 0.373 e. The molecule has 4 unspecified atom stereocenters. The number of allylic oxidation sites excluding steroid dienone is 8. The number of fused-ring (bicyclic) bond motifs is 2. The molecule has 2 aliphatic carbocycles. The minimum absolute atomic E-state index is 0.00102. The molecule has 0 amide bonds. The van der Waals surface area contributed by atoms with Crippen molar-refractivity contribution < 1.29 is 26.6 Å². The van der Waals surface area contributed by atoms with Gasteiger partial charge in [0, 0.05) is 49.5 Å². The van der Waals surface area contributed by atoms with Crippen molar-refractivity contribution in [2.24, 2.45) is 11.8 Å². The van der Waals surface area contributed by atoms with Gasteiger partial charge in [-0.15, -0.1) is 22.7 Å². The molecule has 0 saturated heterocycles. The number of hydrogen-bond acceptors (Lipinski definition) is 16. The number of hydrogen-bond donors (Lipinski definition) is 0. The van der Waals surface area contributed by atoms with Gasteiger partial charge in [0.15, 0.2) is 0 Å². The maximum atomic E-state index is 6.85. The Kier molecular flexibility index (Phi) is 18.0. The van der Waals surface area contributed by atoms with Crippen molar-refractivity contribution in [3.63, 3.8) is 0 Å². The van der Waals surface area contributed by atoms with Crippen LogP contribution in [0.5, 0.6) is 0 Å². The molecule has 0 spiro atoms. The summed E-state index contributed by atoms with van der Waals surface area (Å²) in [4.78, 5) is 13.1. The molecule has 0 fully saturated rings. The summed E-state index contributed by atoms with van der Waals surface area (Å²) in [5.41, 5.74) is 4.29. The predicted octanol–water partition coefficient (Wildman–Crippen LogP) is 14.2. The standard InChI is InChI=1S/C42H56N2O6S8Si2/c1-11-45-59(46-12-2,47-13-3)41(39-43-33-21-17-19-23-35(33)51-39)31(9)27-25-29(7)37(41)53-55-57-58-56-54-38-30(8)26-28-32(10)42(38,60(48-14-4,49-15-5)50-16-6)40-44-34-22-18-20-24-36(34)52-40/h17-28,31-32H,11-16H2,1-10H3. The number of thiazole rings is 2. The van der Waals surface area contributed by atoms with Gasteiger partial charge < -0.3 is 26.6 Å². The van der Waals surface area contributed by atoms with Gasteiger partial charge >= 0.3 is 17.6 Å². The molecule has 60 heavy (non-hydrogen) atoms. The highest BCUT2D eigenvalue weighted by atomic mass is 33.9. The van der Waals surface area contributed by atoms with Gasteiger partial charge in [0.1, 0.15) is 20.1 Å². The van der Waals surface area contributed by atoms with E-state index in [4.69, 9.17) is 36.5 Å². The van der Waals surface area contributed by atoms with E-state index in [0.717, 1.165) is 30.4 Å². The Morgan fingerprint density at radius 3 is 1.18 bits per heavy atom. The summed E-state index contributed by atoms with van der Waals surface area (Å²) in [7, 11) is 3.57. The van der Waals surface area contributed by atoms with Crippen molar-refractivity contribution in [2.45, 2.75) is 79.3 Å². The zero-order valence-electron chi connectivity index (χ0n) is 35.9. The molecule has 0 N–H and O–H groups in total. The second-order valence-corrected chi connectivity index (χ2v) is 30.9. The Morgan fingerprint density at radius 1 is 0.533 bits per heavy atom. The van der Waals surface area contributed by atoms with Crippen LogP contribution in [0.1, 0.15) is 79.3 Å². The summed E-state index contributed by atoms with van der Waals surface area (Å²) in [5, 5.41) is 0.479. The summed E-state index contributed by atoms with van der Waals surface area (Å²) in [6.07, 6.45) is 9.05. The SMILES string of the molecule is CCO[Si](OCC)(OCC)C1(c2nc3ccccc3s2)C(SSSSSSC2=C(C)C=CC(C)C2(c2nc3ccccc3s2)[Si](OCC)(OCC)OCC)=C(C)C=CC1C. The number of benzene rings is 2. The minimum atomic E-state index is -3.50. The first-order valence-corrected chi connectivity index (χ1v) is 33.0. The van der Waals surface area contributed by atoms with E-state index in [1.165, 1.54) is 21.0 Å². The van der Waals surface area contributed by atoms with Gasteiger partial charge in [-0.1, -0.05) is 62.4 Å². The lowest BCUT2D eigenvalue weighted by Crippen LogP contribution is -2.66. The van der Waals surface area contributed by atoms with E-state index < -0.39 is 27.7 Å². The molecular formula is C42H56N2O6S8Si2. The van der Waals surface area contributed by atoms with E-state index in [1.54, 1.807) is 83.6 Å². The van der Waals surface area contributed by atoms with Crippen molar-refractivity contribution >= 4 is 122 Å². The maximum absolute atomic E-state index is 6.85. The molecule has 2 heterocycles. The summed E-state index contributed by atoms with van der Waals surface area (Å²) < 4.78 is 43.4. The molecule has 2 aromatic carbocycles. The summed E-state index contributed by atoms with van der Waals surface area (Å²) in [5.74, 6) is 0.00205. The Balaban J connectivity index is 1.33. The highest BCUT2D eigenvalue weighted by molar-refractivity contribution is 9.42. The van der Waals surface area contributed by atoms with Crippen LogP contribution in [0.3, 0.4) is 0 Å². The lowest BCUT2D eigenvalue weighted by atomic mass is 9.86. The van der Waals surface area contributed by atoms with Crippen LogP contribution >= 0.6 is 83.6 Å². The second kappa shape index (κ2) is 22.1. The molecule has 0 bridgehead atoms.